The highest BCUT2D eigenvalue weighted by Gasteiger charge is 2.36. The van der Waals surface area contributed by atoms with Gasteiger partial charge in [0.05, 0.1) is 12.1 Å². The van der Waals surface area contributed by atoms with Gasteiger partial charge in [0.1, 0.15) is 5.82 Å². The average molecular weight is 303 g/mol. The Morgan fingerprint density at radius 3 is 2.91 bits per heavy atom. The third kappa shape index (κ3) is 3.93. The number of carbonyl (C=O) groups is 2. The van der Waals surface area contributed by atoms with Gasteiger partial charge in [-0.3, -0.25) is 14.6 Å². The molecule has 118 valence electrons. The van der Waals surface area contributed by atoms with Crippen LogP contribution in [0.3, 0.4) is 0 Å². The topological polar surface area (TPSA) is 87.2 Å². The molecule has 0 spiro atoms. The molecule has 2 heterocycles. The Balaban J connectivity index is 1.36. The Hall–Kier alpha value is -2.18. The van der Waals surface area contributed by atoms with E-state index in [0.29, 0.717) is 37.8 Å². The van der Waals surface area contributed by atoms with Gasteiger partial charge in [-0.2, -0.15) is 0 Å². The molecular weight excluding hydrogens is 282 g/mol. The first-order valence-corrected chi connectivity index (χ1v) is 7.78. The number of carbonyl (C=O) groups excluding carboxylic acids is 2. The largest absolute Gasteiger partial charge is 0.367 e. The van der Waals surface area contributed by atoms with E-state index < -0.39 is 0 Å². The molecule has 1 aliphatic heterocycles. The Morgan fingerprint density at radius 2 is 2.18 bits per heavy atom. The van der Waals surface area contributed by atoms with Crippen molar-refractivity contribution in [3.05, 3.63) is 18.6 Å². The first-order valence-electron chi connectivity index (χ1n) is 7.78. The van der Waals surface area contributed by atoms with Crippen LogP contribution in [-0.4, -0.2) is 52.9 Å². The zero-order valence-corrected chi connectivity index (χ0v) is 12.5. The van der Waals surface area contributed by atoms with Gasteiger partial charge in [0.2, 0.25) is 11.8 Å². The minimum atomic E-state index is -0.206. The van der Waals surface area contributed by atoms with E-state index in [-0.39, 0.29) is 17.7 Å². The van der Waals surface area contributed by atoms with Crippen LogP contribution in [0.25, 0.3) is 0 Å². The summed E-state index contributed by atoms with van der Waals surface area (Å²) in [5, 5.41) is 5.95. The summed E-state index contributed by atoms with van der Waals surface area (Å²) in [7, 11) is 0. The molecule has 22 heavy (non-hydrogen) atoms. The minimum Gasteiger partial charge on any atom is -0.367 e. The second-order valence-electron chi connectivity index (χ2n) is 5.95. The fraction of sp³-hybridized carbons (Fsp3) is 0.600. The highest BCUT2D eigenvalue weighted by atomic mass is 16.2. The van der Waals surface area contributed by atoms with E-state index in [1.807, 2.05) is 4.90 Å². The van der Waals surface area contributed by atoms with E-state index in [4.69, 9.17) is 0 Å². The number of amides is 2. The van der Waals surface area contributed by atoms with Crippen LogP contribution in [0.15, 0.2) is 18.6 Å². The summed E-state index contributed by atoms with van der Waals surface area (Å²) in [4.78, 5) is 33.9. The fourth-order valence-electron chi connectivity index (χ4n) is 2.65. The maximum Gasteiger partial charge on any atom is 0.225 e. The number of likely N-dealkylation sites (tertiary alicyclic amines) is 1. The highest BCUT2D eigenvalue weighted by molar-refractivity contribution is 5.89. The van der Waals surface area contributed by atoms with Crippen molar-refractivity contribution in [2.24, 2.45) is 11.8 Å². The summed E-state index contributed by atoms with van der Waals surface area (Å²) in [6, 6.07) is 0. The Morgan fingerprint density at radius 1 is 1.32 bits per heavy atom. The summed E-state index contributed by atoms with van der Waals surface area (Å²) in [6.45, 7) is 2.48. The summed E-state index contributed by atoms with van der Waals surface area (Å²) in [5.74, 6) is 1.23. The van der Waals surface area contributed by atoms with Crippen LogP contribution in [0.2, 0.25) is 0 Å². The molecule has 2 N–H and O–H groups in total. The fourth-order valence-corrected chi connectivity index (χ4v) is 2.65. The van der Waals surface area contributed by atoms with Crippen molar-refractivity contribution < 1.29 is 9.59 Å². The predicted octanol–water partition coefficient (Wildman–Crippen LogP) is 0.263. The van der Waals surface area contributed by atoms with Crippen LogP contribution in [0, 0.1) is 11.8 Å². The lowest BCUT2D eigenvalue weighted by molar-refractivity contribution is -0.129. The zero-order valence-electron chi connectivity index (χ0n) is 12.5. The Labute approximate surface area is 129 Å². The molecule has 1 atom stereocenters. The molecule has 2 fully saturated rings. The molecular formula is C15H21N5O2. The third-order valence-electron chi connectivity index (χ3n) is 4.05. The van der Waals surface area contributed by atoms with Gasteiger partial charge in [-0.15, -0.1) is 0 Å². The number of nitrogens with one attached hydrogen (secondary N) is 2. The van der Waals surface area contributed by atoms with Crippen LogP contribution in [0.4, 0.5) is 5.82 Å². The quantitative estimate of drug-likeness (QED) is 0.706. The molecule has 1 aromatic heterocycles. The molecule has 1 aliphatic carbocycles. The molecule has 2 aliphatic rings. The maximum absolute atomic E-state index is 12.1. The molecule has 0 aromatic carbocycles. The SMILES string of the molecule is O=C(NCCNc1cnccn1)C1CC(=O)N(CC2CC2)C1. The van der Waals surface area contributed by atoms with Crippen LogP contribution < -0.4 is 10.6 Å². The standard InChI is InChI=1S/C15H21N5O2/c21-14-7-12(10-20(14)9-11-1-2-11)15(22)19-6-5-18-13-8-16-3-4-17-13/h3-4,8,11-12H,1-2,5-7,9-10H2,(H,17,18)(H,19,22). The normalized spacial score (nSPS) is 21.0. The van der Waals surface area contributed by atoms with Crippen molar-refractivity contribution in [2.75, 3.05) is 31.5 Å². The lowest BCUT2D eigenvalue weighted by Gasteiger charge is -2.16. The number of rotatable bonds is 7. The second-order valence-corrected chi connectivity index (χ2v) is 5.95. The van der Waals surface area contributed by atoms with Gasteiger partial charge in [-0.25, -0.2) is 4.98 Å². The van der Waals surface area contributed by atoms with Crippen LogP contribution >= 0.6 is 0 Å². The van der Waals surface area contributed by atoms with Crippen molar-refractivity contribution in [1.29, 1.82) is 0 Å². The van der Waals surface area contributed by atoms with E-state index in [1.165, 1.54) is 12.8 Å². The molecule has 0 radical (unpaired) electrons. The van der Waals surface area contributed by atoms with E-state index in [1.54, 1.807) is 18.6 Å². The minimum absolute atomic E-state index is 0.0346. The van der Waals surface area contributed by atoms with E-state index in [0.717, 1.165) is 6.54 Å². The highest BCUT2D eigenvalue weighted by Crippen LogP contribution is 2.31. The number of anilines is 1. The summed E-state index contributed by atoms with van der Waals surface area (Å²) in [5.41, 5.74) is 0. The van der Waals surface area contributed by atoms with Crippen molar-refractivity contribution in [3.8, 4) is 0 Å². The van der Waals surface area contributed by atoms with E-state index >= 15 is 0 Å². The van der Waals surface area contributed by atoms with Crippen LogP contribution in [0.5, 0.6) is 0 Å². The molecule has 7 heteroatoms. The number of nitrogens with zero attached hydrogens (tertiary/aromatic N) is 3. The molecule has 1 saturated carbocycles. The van der Waals surface area contributed by atoms with Gasteiger partial charge in [0.25, 0.3) is 0 Å². The molecule has 7 nitrogen and oxygen atoms in total. The summed E-state index contributed by atoms with van der Waals surface area (Å²) < 4.78 is 0. The number of hydrogen-bond acceptors (Lipinski definition) is 5. The summed E-state index contributed by atoms with van der Waals surface area (Å²) >= 11 is 0. The Bertz CT molecular complexity index is 532. The molecule has 0 bridgehead atoms. The van der Waals surface area contributed by atoms with Gasteiger partial charge >= 0.3 is 0 Å². The van der Waals surface area contributed by atoms with Crippen LogP contribution in [0.1, 0.15) is 19.3 Å². The second kappa shape index (κ2) is 6.72. The zero-order chi connectivity index (χ0) is 15.4. The molecule has 2 amide bonds. The summed E-state index contributed by atoms with van der Waals surface area (Å²) in [6.07, 6.45) is 7.63. The number of aromatic nitrogens is 2. The third-order valence-corrected chi connectivity index (χ3v) is 4.05. The van der Waals surface area contributed by atoms with Crippen molar-refractivity contribution in [1.82, 2.24) is 20.2 Å². The Kier molecular flexibility index (Phi) is 4.50. The van der Waals surface area contributed by atoms with E-state index in [2.05, 4.69) is 20.6 Å². The lowest BCUT2D eigenvalue weighted by atomic mass is 10.1. The van der Waals surface area contributed by atoms with Gasteiger partial charge < -0.3 is 15.5 Å². The van der Waals surface area contributed by atoms with Gasteiger partial charge in [-0.05, 0) is 18.8 Å². The van der Waals surface area contributed by atoms with Gasteiger partial charge in [0, 0.05) is 45.0 Å². The number of hydrogen-bond donors (Lipinski definition) is 2. The van der Waals surface area contributed by atoms with Crippen molar-refractivity contribution >= 4 is 17.6 Å². The molecule has 3 rings (SSSR count). The van der Waals surface area contributed by atoms with E-state index in [9.17, 15) is 9.59 Å². The lowest BCUT2D eigenvalue weighted by Crippen LogP contribution is -2.36. The van der Waals surface area contributed by atoms with Crippen molar-refractivity contribution in [3.63, 3.8) is 0 Å². The maximum atomic E-state index is 12.1. The van der Waals surface area contributed by atoms with Crippen molar-refractivity contribution in [2.45, 2.75) is 19.3 Å². The molecule has 1 aromatic rings. The first-order chi connectivity index (χ1) is 10.7. The van der Waals surface area contributed by atoms with Crippen LogP contribution in [-0.2, 0) is 9.59 Å². The molecule has 1 unspecified atom stereocenters. The van der Waals surface area contributed by atoms with Gasteiger partial charge in [-0.1, -0.05) is 0 Å². The predicted molar refractivity (Wildman–Crippen MR) is 80.9 cm³/mol. The van der Waals surface area contributed by atoms with Gasteiger partial charge in [0.15, 0.2) is 0 Å². The first kappa shape index (κ1) is 14.7. The average Bonchev–Trinajstić information content (AvgIpc) is 3.27. The monoisotopic (exact) mass is 303 g/mol. The smallest absolute Gasteiger partial charge is 0.225 e. The molecule has 1 saturated heterocycles.